The first-order chi connectivity index (χ1) is 16.5. The van der Waals surface area contributed by atoms with Crippen molar-refractivity contribution >= 4 is 41.5 Å². The lowest BCUT2D eigenvalue weighted by Gasteiger charge is -2.34. The molecule has 35 heavy (non-hydrogen) atoms. The Bertz CT molecular complexity index is 810. The molecule has 0 fully saturated rings. The Morgan fingerprint density at radius 2 is 1.71 bits per heavy atom. The van der Waals surface area contributed by atoms with E-state index >= 15 is 0 Å². The van der Waals surface area contributed by atoms with Gasteiger partial charge in [0, 0.05) is 21.2 Å². The van der Waals surface area contributed by atoms with Crippen LogP contribution in [-0.2, 0) is 14.9 Å². The number of benzene rings is 1. The number of hydrogen-bond donors (Lipinski definition) is 0. The highest BCUT2D eigenvalue weighted by Crippen LogP contribution is 2.52. The van der Waals surface area contributed by atoms with Gasteiger partial charge in [-0.05, 0) is 75.5 Å². The number of carbonyl (C=O) groups excluding carboxylic acids is 1. The predicted molar refractivity (Wildman–Crippen MR) is 160 cm³/mol. The van der Waals surface area contributed by atoms with Crippen molar-refractivity contribution in [3.05, 3.63) is 40.3 Å². The molecule has 0 amide bonds. The summed E-state index contributed by atoms with van der Waals surface area (Å²) in [6.07, 6.45) is 5.85. The van der Waals surface area contributed by atoms with Crippen molar-refractivity contribution < 1.29 is 13.7 Å². The van der Waals surface area contributed by atoms with Gasteiger partial charge in [0.1, 0.15) is 5.75 Å². The number of rotatable bonds is 11. The third-order valence-corrected chi connectivity index (χ3v) is 9.56. The number of ether oxygens (including phenoxy) is 1. The molecule has 1 aliphatic rings. The number of thioether (sulfide) groups is 2. The van der Waals surface area contributed by atoms with Gasteiger partial charge in [0.2, 0.25) is 0 Å². The maximum Gasteiger partial charge on any atom is 0.315 e. The van der Waals surface area contributed by atoms with Crippen molar-refractivity contribution in [1.82, 2.24) is 0 Å². The van der Waals surface area contributed by atoms with Crippen LogP contribution in [0.2, 0.25) is 0 Å². The fourth-order valence-corrected chi connectivity index (χ4v) is 7.47. The Hall–Kier alpha value is -0.720. The van der Waals surface area contributed by atoms with Gasteiger partial charge < -0.3 is 8.92 Å². The van der Waals surface area contributed by atoms with Gasteiger partial charge in [-0.2, -0.15) is 0 Å². The second kappa shape index (κ2) is 15.5. The van der Waals surface area contributed by atoms with Crippen LogP contribution >= 0.6 is 35.6 Å². The van der Waals surface area contributed by atoms with E-state index in [1.165, 1.54) is 34.5 Å². The summed E-state index contributed by atoms with van der Waals surface area (Å²) in [5, 5.41) is 0.494. The van der Waals surface area contributed by atoms with Gasteiger partial charge in [-0.25, -0.2) is 0 Å². The first-order valence-corrected chi connectivity index (χ1v) is 15.8. The molecule has 1 aromatic rings. The van der Waals surface area contributed by atoms with Gasteiger partial charge in [-0.3, -0.25) is 4.79 Å². The van der Waals surface area contributed by atoms with E-state index in [4.69, 9.17) is 8.92 Å². The van der Waals surface area contributed by atoms with Crippen LogP contribution in [-0.4, -0.2) is 34.1 Å². The molecule has 0 saturated heterocycles. The third kappa shape index (κ3) is 9.92. The maximum atomic E-state index is 11.7. The van der Waals surface area contributed by atoms with Gasteiger partial charge in [-0.1, -0.05) is 59.2 Å². The largest absolute Gasteiger partial charge is 0.465 e. The Kier molecular flexibility index (Phi) is 14.3. The van der Waals surface area contributed by atoms with Crippen LogP contribution in [0.5, 0.6) is 5.75 Å². The molecule has 200 valence electrons. The Morgan fingerprint density at radius 1 is 1.09 bits per heavy atom. The molecule has 3 nitrogen and oxygen atoms in total. The van der Waals surface area contributed by atoms with E-state index in [-0.39, 0.29) is 16.1 Å². The number of hydrogen-bond acceptors (Lipinski definition) is 6. The SMILES string of the molecule is CCC.CCOC(=O)CSCC1SC(C(CC)(CC)c2ccc(OSC(C)(C)C)c(C)c2)=CC1C. The second-order valence-electron chi connectivity index (χ2n) is 10.1. The summed E-state index contributed by atoms with van der Waals surface area (Å²) in [5.41, 5.74) is 2.59. The summed E-state index contributed by atoms with van der Waals surface area (Å²) in [5.74, 6) is 2.73. The monoisotopic (exact) mass is 540 g/mol. The van der Waals surface area contributed by atoms with Crippen molar-refractivity contribution in [1.29, 1.82) is 0 Å². The van der Waals surface area contributed by atoms with Crippen molar-refractivity contribution in [2.75, 3.05) is 18.1 Å². The predicted octanol–water partition coefficient (Wildman–Crippen LogP) is 9.23. The van der Waals surface area contributed by atoms with Crippen LogP contribution in [0.1, 0.15) is 92.7 Å². The van der Waals surface area contributed by atoms with Crippen LogP contribution in [0.3, 0.4) is 0 Å². The van der Waals surface area contributed by atoms with Crippen LogP contribution in [0.4, 0.5) is 0 Å². The average Bonchev–Trinajstić information content (AvgIpc) is 3.15. The van der Waals surface area contributed by atoms with Crippen LogP contribution in [0, 0.1) is 12.8 Å². The molecule has 0 aromatic heterocycles. The van der Waals surface area contributed by atoms with E-state index in [0.717, 1.165) is 24.3 Å². The molecule has 2 atom stereocenters. The summed E-state index contributed by atoms with van der Waals surface area (Å²) in [4.78, 5) is 13.2. The second-order valence-corrected chi connectivity index (χ2v) is 14.0. The molecule has 2 unspecified atom stereocenters. The first kappa shape index (κ1) is 32.3. The number of carbonyl (C=O) groups is 1. The number of aryl methyl sites for hydroxylation is 1. The summed E-state index contributed by atoms with van der Waals surface area (Å²) < 4.78 is 11.2. The van der Waals surface area contributed by atoms with E-state index in [0.29, 0.717) is 23.5 Å². The molecule has 1 aliphatic heterocycles. The van der Waals surface area contributed by atoms with Crippen LogP contribution in [0.25, 0.3) is 0 Å². The fraction of sp³-hybridized carbons (Fsp3) is 0.690. The zero-order valence-electron chi connectivity index (χ0n) is 23.7. The third-order valence-electron chi connectivity index (χ3n) is 5.87. The lowest BCUT2D eigenvalue weighted by atomic mass is 9.74. The van der Waals surface area contributed by atoms with Crippen molar-refractivity contribution in [3.63, 3.8) is 0 Å². The molecule has 6 heteroatoms. The molecule has 0 aliphatic carbocycles. The first-order valence-electron chi connectivity index (χ1n) is 13.1. The highest BCUT2D eigenvalue weighted by Gasteiger charge is 2.39. The van der Waals surface area contributed by atoms with Gasteiger partial charge in [-0.15, -0.1) is 23.5 Å². The highest BCUT2D eigenvalue weighted by molar-refractivity contribution is 8.06. The van der Waals surface area contributed by atoms with Crippen LogP contribution in [0.15, 0.2) is 29.2 Å². The summed E-state index contributed by atoms with van der Waals surface area (Å²) >= 11 is 5.21. The molecule has 1 heterocycles. The summed E-state index contributed by atoms with van der Waals surface area (Å²) in [6, 6.07) is 6.72. The zero-order valence-corrected chi connectivity index (χ0v) is 26.1. The smallest absolute Gasteiger partial charge is 0.315 e. The standard InChI is InChI=1S/C26H40O3S3.C3H8/c1-9-26(10-2,20-12-13-21(18(4)14-20)29-32-25(6,7)8)23-15-19(5)22(31-23)16-30-17-24(27)28-11-3;1-3-2/h12-15,19,22H,9-11,16-17H2,1-8H3;3H2,1-2H3. The van der Waals surface area contributed by atoms with Crippen LogP contribution < -0.4 is 4.18 Å². The maximum absolute atomic E-state index is 11.7. The minimum Gasteiger partial charge on any atom is -0.465 e. The van der Waals surface area contributed by atoms with E-state index in [9.17, 15) is 4.79 Å². The van der Waals surface area contributed by atoms with Crippen molar-refractivity contribution in [2.24, 2.45) is 5.92 Å². The Morgan fingerprint density at radius 3 is 2.23 bits per heavy atom. The van der Waals surface area contributed by atoms with Gasteiger partial charge in [0.15, 0.2) is 0 Å². The number of allylic oxidation sites excluding steroid dienone is 2. The van der Waals surface area contributed by atoms with Gasteiger partial charge in [0.25, 0.3) is 0 Å². The fourth-order valence-electron chi connectivity index (χ4n) is 3.93. The lowest BCUT2D eigenvalue weighted by molar-refractivity contribution is -0.139. The van der Waals surface area contributed by atoms with E-state index in [2.05, 4.69) is 86.6 Å². The normalized spacial score (nSPS) is 17.9. The minimum atomic E-state index is -0.111. The summed E-state index contributed by atoms with van der Waals surface area (Å²) in [6.45, 7) is 22.1. The molecule has 0 spiro atoms. The molecule has 2 rings (SSSR count). The van der Waals surface area contributed by atoms with Gasteiger partial charge in [0.05, 0.1) is 24.4 Å². The topological polar surface area (TPSA) is 35.5 Å². The molecular formula is C29H48O3S3. The molecular weight excluding hydrogens is 493 g/mol. The van der Waals surface area contributed by atoms with E-state index in [1.54, 1.807) is 11.8 Å². The average molecular weight is 541 g/mol. The Balaban J connectivity index is 0.00000194. The molecule has 0 N–H and O–H groups in total. The molecule has 0 saturated carbocycles. The van der Waals surface area contributed by atoms with E-state index in [1.807, 2.05) is 18.7 Å². The van der Waals surface area contributed by atoms with Gasteiger partial charge >= 0.3 is 5.97 Å². The van der Waals surface area contributed by atoms with Crippen molar-refractivity contribution in [3.8, 4) is 5.75 Å². The molecule has 0 bridgehead atoms. The highest BCUT2D eigenvalue weighted by atomic mass is 32.2. The van der Waals surface area contributed by atoms with E-state index < -0.39 is 0 Å². The van der Waals surface area contributed by atoms with Crippen molar-refractivity contribution in [2.45, 2.75) is 104 Å². The molecule has 0 radical (unpaired) electrons. The Labute approximate surface area is 228 Å². The lowest BCUT2D eigenvalue weighted by Crippen LogP contribution is -2.26. The zero-order chi connectivity index (χ0) is 26.6. The quantitative estimate of drug-likeness (QED) is 0.206. The number of esters is 1. The minimum absolute atomic E-state index is 0.0277. The summed E-state index contributed by atoms with van der Waals surface area (Å²) in [7, 11) is 0. The molecule has 1 aromatic carbocycles.